The van der Waals surface area contributed by atoms with Gasteiger partial charge >= 0.3 is 0 Å². The fraction of sp³-hybridized carbons (Fsp3) is 0.158. The number of nitrogens with one attached hydrogen (secondary N) is 1. The van der Waals surface area contributed by atoms with E-state index in [2.05, 4.69) is 56.0 Å². The summed E-state index contributed by atoms with van der Waals surface area (Å²) in [4.78, 5) is 11.3. The SMILES string of the molecule is CCN1CC=Cc2cnc(Nc3ccc(-n4cccc4)cc3)nc21. The van der Waals surface area contributed by atoms with E-state index in [1.54, 1.807) is 0 Å². The summed E-state index contributed by atoms with van der Waals surface area (Å²) >= 11 is 0. The predicted molar refractivity (Wildman–Crippen MR) is 98.0 cm³/mol. The Morgan fingerprint density at radius 2 is 1.92 bits per heavy atom. The molecule has 3 aromatic rings. The first-order chi connectivity index (χ1) is 11.8. The van der Waals surface area contributed by atoms with E-state index in [9.17, 15) is 0 Å². The highest BCUT2D eigenvalue weighted by Gasteiger charge is 2.14. The van der Waals surface area contributed by atoms with Crippen molar-refractivity contribution in [3.63, 3.8) is 0 Å². The highest BCUT2D eigenvalue weighted by atomic mass is 15.2. The second-order valence-corrected chi connectivity index (χ2v) is 5.68. The Labute approximate surface area is 141 Å². The maximum atomic E-state index is 4.68. The maximum Gasteiger partial charge on any atom is 0.229 e. The van der Waals surface area contributed by atoms with Crippen LogP contribution < -0.4 is 10.2 Å². The zero-order chi connectivity index (χ0) is 16.4. The molecule has 0 amide bonds. The number of hydrogen-bond donors (Lipinski definition) is 1. The molecule has 4 rings (SSSR count). The van der Waals surface area contributed by atoms with Gasteiger partial charge in [0.05, 0.1) is 0 Å². The third-order valence-corrected chi connectivity index (χ3v) is 4.13. The highest BCUT2D eigenvalue weighted by molar-refractivity contribution is 5.69. The van der Waals surface area contributed by atoms with E-state index in [4.69, 9.17) is 0 Å². The normalized spacial score (nSPS) is 13.0. The van der Waals surface area contributed by atoms with Gasteiger partial charge in [-0.2, -0.15) is 4.98 Å². The summed E-state index contributed by atoms with van der Waals surface area (Å²) in [6, 6.07) is 12.2. The second-order valence-electron chi connectivity index (χ2n) is 5.68. The van der Waals surface area contributed by atoms with Crippen molar-refractivity contribution in [1.29, 1.82) is 0 Å². The van der Waals surface area contributed by atoms with Gasteiger partial charge in [0.15, 0.2) is 0 Å². The van der Waals surface area contributed by atoms with Crippen LogP contribution in [0.5, 0.6) is 0 Å². The number of anilines is 3. The molecule has 1 aliphatic rings. The lowest BCUT2D eigenvalue weighted by Gasteiger charge is -2.25. The van der Waals surface area contributed by atoms with Crippen LogP contribution in [0.2, 0.25) is 0 Å². The summed E-state index contributed by atoms with van der Waals surface area (Å²) in [6.07, 6.45) is 10.2. The molecule has 1 aromatic carbocycles. The van der Waals surface area contributed by atoms with E-state index in [0.717, 1.165) is 35.8 Å². The molecule has 120 valence electrons. The van der Waals surface area contributed by atoms with Crippen molar-refractivity contribution in [2.24, 2.45) is 0 Å². The summed E-state index contributed by atoms with van der Waals surface area (Å²) in [7, 11) is 0. The van der Waals surface area contributed by atoms with Gasteiger partial charge in [0, 0.05) is 48.6 Å². The van der Waals surface area contributed by atoms with Gasteiger partial charge in [-0.3, -0.25) is 0 Å². The van der Waals surface area contributed by atoms with Crippen molar-refractivity contribution in [3.8, 4) is 5.69 Å². The summed E-state index contributed by atoms with van der Waals surface area (Å²) in [6.45, 7) is 3.96. The largest absolute Gasteiger partial charge is 0.353 e. The molecule has 3 heterocycles. The first-order valence-electron chi connectivity index (χ1n) is 8.12. The van der Waals surface area contributed by atoms with Gasteiger partial charge in [0.2, 0.25) is 5.95 Å². The Morgan fingerprint density at radius 1 is 1.12 bits per heavy atom. The molecule has 1 N–H and O–H groups in total. The third kappa shape index (κ3) is 2.76. The lowest BCUT2D eigenvalue weighted by Crippen LogP contribution is -2.27. The van der Waals surface area contributed by atoms with E-state index in [0.29, 0.717) is 5.95 Å². The molecule has 0 unspecified atom stereocenters. The lowest BCUT2D eigenvalue weighted by molar-refractivity contribution is 0.869. The molecule has 0 saturated heterocycles. The summed E-state index contributed by atoms with van der Waals surface area (Å²) in [5.41, 5.74) is 3.16. The molecule has 0 radical (unpaired) electrons. The summed E-state index contributed by atoms with van der Waals surface area (Å²) in [5, 5.41) is 3.29. The molecular weight excluding hydrogens is 298 g/mol. The van der Waals surface area contributed by atoms with Crippen molar-refractivity contribution >= 4 is 23.5 Å². The number of hydrogen-bond acceptors (Lipinski definition) is 4. The lowest BCUT2D eigenvalue weighted by atomic mass is 10.2. The van der Waals surface area contributed by atoms with E-state index < -0.39 is 0 Å². The van der Waals surface area contributed by atoms with Gasteiger partial charge in [-0.05, 0) is 43.3 Å². The zero-order valence-corrected chi connectivity index (χ0v) is 13.6. The van der Waals surface area contributed by atoms with Gasteiger partial charge in [0.1, 0.15) is 5.82 Å². The fourth-order valence-electron chi connectivity index (χ4n) is 2.84. The molecular formula is C19H19N5. The Hall–Kier alpha value is -3.08. The fourth-order valence-corrected chi connectivity index (χ4v) is 2.84. The molecule has 24 heavy (non-hydrogen) atoms. The standard InChI is InChI=1S/C19H19N5/c1-2-23-13-5-6-15-14-20-19(22-18(15)23)21-16-7-9-17(10-8-16)24-11-3-4-12-24/h3-12,14H,2,13H2,1H3,(H,20,21,22). The molecule has 0 atom stereocenters. The zero-order valence-electron chi connectivity index (χ0n) is 13.6. The first-order valence-corrected chi connectivity index (χ1v) is 8.12. The smallest absolute Gasteiger partial charge is 0.229 e. The van der Waals surface area contributed by atoms with Crippen LogP contribution >= 0.6 is 0 Å². The van der Waals surface area contributed by atoms with Crippen molar-refractivity contribution in [2.75, 3.05) is 23.3 Å². The monoisotopic (exact) mass is 317 g/mol. The molecule has 1 aliphatic heterocycles. The van der Waals surface area contributed by atoms with Gasteiger partial charge < -0.3 is 14.8 Å². The van der Waals surface area contributed by atoms with Crippen LogP contribution in [0.4, 0.5) is 17.5 Å². The Kier molecular flexibility index (Phi) is 3.75. The van der Waals surface area contributed by atoms with Crippen molar-refractivity contribution in [2.45, 2.75) is 6.92 Å². The minimum absolute atomic E-state index is 0.621. The van der Waals surface area contributed by atoms with Crippen molar-refractivity contribution in [3.05, 3.63) is 66.6 Å². The Morgan fingerprint density at radius 3 is 2.67 bits per heavy atom. The minimum Gasteiger partial charge on any atom is -0.353 e. The molecule has 5 heteroatoms. The highest BCUT2D eigenvalue weighted by Crippen LogP contribution is 2.25. The Bertz CT molecular complexity index is 850. The number of fused-ring (bicyclic) bond motifs is 1. The summed E-state index contributed by atoms with van der Waals surface area (Å²) < 4.78 is 2.07. The van der Waals surface area contributed by atoms with Gasteiger partial charge in [-0.1, -0.05) is 12.2 Å². The van der Waals surface area contributed by atoms with E-state index in [1.165, 1.54) is 0 Å². The topological polar surface area (TPSA) is 46.0 Å². The van der Waals surface area contributed by atoms with Crippen LogP contribution in [0.1, 0.15) is 12.5 Å². The molecule has 5 nitrogen and oxygen atoms in total. The van der Waals surface area contributed by atoms with Crippen LogP contribution in [-0.2, 0) is 0 Å². The first kappa shape index (κ1) is 14.5. The van der Waals surface area contributed by atoms with Crippen molar-refractivity contribution < 1.29 is 0 Å². The third-order valence-electron chi connectivity index (χ3n) is 4.13. The van der Waals surface area contributed by atoms with Crippen LogP contribution in [0.25, 0.3) is 11.8 Å². The number of likely N-dealkylation sites (N-methyl/N-ethyl adjacent to an activating group) is 1. The molecule has 0 fully saturated rings. The van der Waals surface area contributed by atoms with Gasteiger partial charge in [0.25, 0.3) is 0 Å². The number of nitrogens with zero attached hydrogens (tertiary/aromatic N) is 4. The Balaban J connectivity index is 1.56. The van der Waals surface area contributed by atoms with Gasteiger partial charge in [-0.25, -0.2) is 4.98 Å². The van der Waals surface area contributed by atoms with Gasteiger partial charge in [-0.15, -0.1) is 0 Å². The van der Waals surface area contributed by atoms with Crippen LogP contribution in [0, 0.1) is 0 Å². The minimum atomic E-state index is 0.621. The number of benzene rings is 1. The molecule has 0 spiro atoms. The van der Waals surface area contributed by atoms with Crippen molar-refractivity contribution in [1.82, 2.24) is 14.5 Å². The molecule has 0 aliphatic carbocycles. The van der Waals surface area contributed by atoms with Crippen LogP contribution in [-0.4, -0.2) is 27.6 Å². The van der Waals surface area contributed by atoms with Crippen LogP contribution in [0.15, 0.2) is 61.1 Å². The van der Waals surface area contributed by atoms with Crippen LogP contribution in [0.3, 0.4) is 0 Å². The maximum absolute atomic E-state index is 4.68. The predicted octanol–water partition coefficient (Wildman–Crippen LogP) is 3.86. The van der Waals surface area contributed by atoms with E-state index in [1.807, 2.05) is 42.9 Å². The number of rotatable bonds is 4. The second kappa shape index (κ2) is 6.20. The molecule has 0 bridgehead atoms. The quantitative estimate of drug-likeness (QED) is 0.793. The number of aromatic nitrogens is 3. The average Bonchev–Trinajstić information content (AvgIpc) is 3.16. The molecule has 2 aromatic heterocycles. The summed E-state index contributed by atoms with van der Waals surface area (Å²) in [5.74, 6) is 1.61. The van der Waals surface area contributed by atoms with E-state index in [-0.39, 0.29) is 0 Å². The average molecular weight is 317 g/mol. The molecule has 0 saturated carbocycles. The van der Waals surface area contributed by atoms with E-state index >= 15 is 0 Å².